The number of methoxy groups -OCH3 is 2. The topological polar surface area (TPSA) is 121 Å². The summed E-state index contributed by atoms with van der Waals surface area (Å²) >= 11 is 0. The molecule has 11 heteroatoms. The molecule has 3 heterocycles. The van der Waals surface area contributed by atoms with Gasteiger partial charge in [0, 0.05) is 36.9 Å². The maximum Gasteiger partial charge on any atom is 0.333 e. The highest BCUT2D eigenvalue weighted by atomic mass is 32.2. The minimum Gasteiger partial charge on any atom is -0.493 e. The molecule has 2 N–H and O–H groups in total. The molecule has 0 radical (unpaired) electrons. The van der Waals surface area contributed by atoms with Gasteiger partial charge in [0.15, 0.2) is 11.5 Å². The Labute approximate surface area is 174 Å². The second kappa shape index (κ2) is 8.25. The molecule has 162 valence electrons. The van der Waals surface area contributed by atoms with Crippen LogP contribution in [0.2, 0.25) is 0 Å². The summed E-state index contributed by atoms with van der Waals surface area (Å²) in [5.41, 5.74) is 0.939. The van der Waals surface area contributed by atoms with Crippen molar-refractivity contribution in [1.82, 2.24) is 14.4 Å². The maximum atomic E-state index is 10.9. The van der Waals surface area contributed by atoms with Gasteiger partial charge in [0.05, 0.1) is 26.3 Å². The summed E-state index contributed by atoms with van der Waals surface area (Å²) in [4.78, 5) is 11.4. The third-order valence-corrected chi connectivity index (χ3v) is 6.01. The molecule has 1 aliphatic rings. The van der Waals surface area contributed by atoms with E-state index in [1.54, 1.807) is 20.4 Å². The number of anilines is 1. The van der Waals surface area contributed by atoms with E-state index in [9.17, 15) is 8.42 Å². The number of imidazole rings is 1. The molecule has 4 rings (SSSR count). The van der Waals surface area contributed by atoms with Gasteiger partial charge in [-0.25, -0.2) is 10.1 Å². The lowest BCUT2D eigenvalue weighted by Gasteiger charge is -2.33. The first kappa shape index (κ1) is 20.6. The van der Waals surface area contributed by atoms with Gasteiger partial charge in [-0.15, -0.1) is 0 Å². The third kappa shape index (κ3) is 4.13. The van der Waals surface area contributed by atoms with Crippen molar-refractivity contribution in [3.8, 4) is 11.5 Å². The summed E-state index contributed by atoms with van der Waals surface area (Å²) < 4.78 is 39.4. The molecule has 1 aliphatic heterocycles. The first-order valence-electron chi connectivity index (χ1n) is 9.70. The van der Waals surface area contributed by atoms with Crippen LogP contribution in [0.4, 0.5) is 5.82 Å². The average molecular weight is 436 g/mol. The predicted molar refractivity (Wildman–Crippen MR) is 112 cm³/mol. The van der Waals surface area contributed by atoms with Crippen molar-refractivity contribution in [2.75, 3.05) is 38.8 Å². The van der Waals surface area contributed by atoms with Crippen LogP contribution in [-0.4, -0.2) is 56.7 Å². The number of piperidine rings is 1. The number of hydrogen-bond donors (Lipinski definition) is 1. The second-order valence-electron chi connectivity index (χ2n) is 7.29. The second-order valence-corrected chi connectivity index (χ2v) is 8.51. The molecule has 3 aromatic rings. The van der Waals surface area contributed by atoms with Gasteiger partial charge >= 0.3 is 10.3 Å². The molecule has 1 aromatic carbocycles. The highest BCUT2D eigenvalue weighted by molar-refractivity contribution is 7.84. The number of fused-ring (bicyclic) bond motifs is 3. The van der Waals surface area contributed by atoms with Gasteiger partial charge in [0.1, 0.15) is 5.82 Å². The van der Waals surface area contributed by atoms with Crippen molar-refractivity contribution in [1.29, 1.82) is 0 Å². The Morgan fingerprint density at radius 1 is 1.17 bits per heavy atom. The van der Waals surface area contributed by atoms with E-state index in [1.165, 1.54) is 0 Å². The number of benzene rings is 1. The molecule has 0 atom stereocenters. The largest absolute Gasteiger partial charge is 0.493 e. The smallest absolute Gasteiger partial charge is 0.333 e. The van der Waals surface area contributed by atoms with Gasteiger partial charge in [0.2, 0.25) is 5.78 Å². The van der Waals surface area contributed by atoms with Gasteiger partial charge < -0.3 is 14.4 Å². The summed E-state index contributed by atoms with van der Waals surface area (Å²) in [6.07, 6.45) is 6.06. The highest BCUT2D eigenvalue weighted by Crippen LogP contribution is 2.37. The highest BCUT2D eigenvalue weighted by Gasteiger charge is 2.24. The number of aromatic nitrogens is 3. The molecule has 10 nitrogen and oxygen atoms in total. The van der Waals surface area contributed by atoms with E-state index in [4.69, 9.17) is 19.6 Å². The zero-order valence-corrected chi connectivity index (χ0v) is 17.8. The fraction of sp³-hybridized carbons (Fsp3) is 0.474. The Hall–Kier alpha value is -2.63. The molecule has 2 aromatic heterocycles. The minimum atomic E-state index is -3.88. The Kier molecular flexibility index (Phi) is 5.67. The van der Waals surface area contributed by atoms with Crippen LogP contribution in [0, 0.1) is 5.92 Å². The van der Waals surface area contributed by atoms with Gasteiger partial charge in [0.25, 0.3) is 0 Å². The standard InChI is InChI=1S/C19H25N5O5S/c1-27-16-11-14-15(12-17(16)28-2)24-9-6-21-19(24)22-18(14)23-7-3-13(4-8-23)5-10-29-30(20,25)26/h6,9,11-13H,3-5,7-8,10H2,1-2H3,(H2,20,25,26). The van der Waals surface area contributed by atoms with Crippen LogP contribution < -0.4 is 19.5 Å². The third-order valence-electron chi connectivity index (χ3n) is 5.52. The van der Waals surface area contributed by atoms with Crippen molar-refractivity contribution in [3.63, 3.8) is 0 Å². The van der Waals surface area contributed by atoms with E-state index in [0.717, 1.165) is 42.7 Å². The molecular formula is C19H25N5O5S. The van der Waals surface area contributed by atoms with Crippen molar-refractivity contribution in [2.24, 2.45) is 11.1 Å². The quantitative estimate of drug-likeness (QED) is 0.595. The lowest BCUT2D eigenvalue weighted by atomic mass is 9.94. The number of nitrogens with two attached hydrogens (primary N) is 1. The van der Waals surface area contributed by atoms with E-state index >= 15 is 0 Å². The lowest BCUT2D eigenvalue weighted by molar-refractivity contribution is 0.262. The Balaban J connectivity index is 1.61. The molecule has 0 saturated carbocycles. The van der Waals surface area contributed by atoms with Crippen LogP contribution in [0.5, 0.6) is 11.5 Å². The molecule has 0 aliphatic carbocycles. The van der Waals surface area contributed by atoms with E-state index < -0.39 is 10.3 Å². The van der Waals surface area contributed by atoms with Gasteiger partial charge in [-0.1, -0.05) is 0 Å². The fourth-order valence-electron chi connectivity index (χ4n) is 3.97. The Bertz CT molecular complexity index is 1160. The van der Waals surface area contributed by atoms with Crippen LogP contribution >= 0.6 is 0 Å². The van der Waals surface area contributed by atoms with Crippen molar-refractivity contribution >= 4 is 32.8 Å². The first-order valence-corrected chi connectivity index (χ1v) is 11.2. The molecule has 0 unspecified atom stereocenters. The van der Waals surface area contributed by atoms with Gasteiger partial charge in [-0.3, -0.25) is 8.58 Å². The molecule has 1 saturated heterocycles. The fourth-order valence-corrected chi connectivity index (χ4v) is 4.30. The van der Waals surface area contributed by atoms with Crippen LogP contribution in [0.25, 0.3) is 16.7 Å². The van der Waals surface area contributed by atoms with Crippen LogP contribution in [0.3, 0.4) is 0 Å². The van der Waals surface area contributed by atoms with Crippen LogP contribution in [0.15, 0.2) is 24.5 Å². The van der Waals surface area contributed by atoms with E-state index in [-0.39, 0.29) is 6.61 Å². The first-order chi connectivity index (χ1) is 14.4. The SMILES string of the molecule is COc1cc2c(N3CCC(CCOS(N)(=O)=O)CC3)nc3nccn3c2cc1OC. The monoisotopic (exact) mass is 435 g/mol. The summed E-state index contributed by atoms with van der Waals surface area (Å²) in [5.74, 6) is 3.13. The molecule has 0 spiro atoms. The summed E-state index contributed by atoms with van der Waals surface area (Å²) in [7, 11) is -0.657. The minimum absolute atomic E-state index is 0.113. The summed E-state index contributed by atoms with van der Waals surface area (Å²) in [6, 6.07) is 3.88. The lowest BCUT2D eigenvalue weighted by Crippen LogP contribution is -2.35. The van der Waals surface area contributed by atoms with Crippen LogP contribution in [0.1, 0.15) is 19.3 Å². The molecule has 0 amide bonds. The average Bonchev–Trinajstić information content (AvgIpc) is 3.20. The van der Waals surface area contributed by atoms with Crippen molar-refractivity contribution < 1.29 is 22.1 Å². The molecule has 1 fully saturated rings. The zero-order valence-electron chi connectivity index (χ0n) is 16.9. The number of ether oxygens (including phenoxy) is 2. The Morgan fingerprint density at radius 3 is 2.53 bits per heavy atom. The zero-order chi connectivity index (χ0) is 21.3. The molecular weight excluding hydrogens is 410 g/mol. The maximum absolute atomic E-state index is 10.9. The summed E-state index contributed by atoms with van der Waals surface area (Å²) in [5, 5.41) is 5.84. The van der Waals surface area contributed by atoms with E-state index in [0.29, 0.717) is 29.6 Å². The normalized spacial score (nSPS) is 15.8. The van der Waals surface area contributed by atoms with Crippen molar-refractivity contribution in [3.05, 3.63) is 24.5 Å². The van der Waals surface area contributed by atoms with Crippen molar-refractivity contribution in [2.45, 2.75) is 19.3 Å². The number of hydrogen-bond acceptors (Lipinski definition) is 8. The summed E-state index contributed by atoms with van der Waals surface area (Å²) in [6.45, 7) is 1.71. The van der Waals surface area contributed by atoms with Gasteiger partial charge in [-0.05, 0) is 31.2 Å². The van der Waals surface area contributed by atoms with E-state index in [2.05, 4.69) is 14.1 Å². The van der Waals surface area contributed by atoms with Gasteiger partial charge in [-0.2, -0.15) is 13.4 Å². The molecule has 0 bridgehead atoms. The molecule has 30 heavy (non-hydrogen) atoms. The van der Waals surface area contributed by atoms with E-state index in [1.807, 2.05) is 22.7 Å². The predicted octanol–water partition coefficient (Wildman–Crippen LogP) is 1.73. The Morgan fingerprint density at radius 2 is 1.87 bits per heavy atom. The number of rotatable bonds is 7. The van der Waals surface area contributed by atoms with Crippen LogP contribution in [-0.2, 0) is 14.5 Å². The number of nitrogens with zero attached hydrogens (tertiary/aromatic N) is 4.